The highest BCUT2D eigenvalue weighted by Crippen LogP contribution is 2.44. The highest BCUT2D eigenvalue weighted by atomic mass is 16.5. The van der Waals surface area contributed by atoms with Crippen molar-refractivity contribution in [1.82, 2.24) is 0 Å². The van der Waals surface area contributed by atoms with Crippen LogP contribution in [0, 0.1) is 0 Å². The van der Waals surface area contributed by atoms with Gasteiger partial charge in [0.1, 0.15) is 0 Å². The Morgan fingerprint density at radius 2 is 1.62 bits per heavy atom. The zero-order chi connectivity index (χ0) is 16.0. The van der Waals surface area contributed by atoms with Crippen LogP contribution >= 0.6 is 0 Å². The van der Waals surface area contributed by atoms with Gasteiger partial charge >= 0.3 is 0 Å². The SMILES string of the molecule is CCC(CC(O)C(C)O)c1ccc(OC)c(OC)c1OC. The van der Waals surface area contributed by atoms with Crippen LogP contribution in [0.2, 0.25) is 0 Å². The maximum atomic E-state index is 9.93. The molecule has 120 valence electrons. The van der Waals surface area contributed by atoms with E-state index in [-0.39, 0.29) is 5.92 Å². The summed E-state index contributed by atoms with van der Waals surface area (Å²) in [5.74, 6) is 1.82. The molecule has 0 aromatic heterocycles. The van der Waals surface area contributed by atoms with Gasteiger partial charge < -0.3 is 24.4 Å². The van der Waals surface area contributed by atoms with Crippen molar-refractivity contribution in [1.29, 1.82) is 0 Å². The van der Waals surface area contributed by atoms with Crippen molar-refractivity contribution in [3.8, 4) is 17.2 Å². The van der Waals surface area contributed by atoms with Crippen molar-refractivity contribution >= 4 is 0 Å². The molecule has 3 unspecified atom stereocenters. The molecule has 0 radical (unpaired) electrons. The molecule has 0 spiro atoms. The Bertz CT molecular complexity index is 445. The van der Waals surface area contributed by atoms with Gasteiger partial charge in [0.05, 0.1) is 33.5 Å². The molecule has 0 aliphatic carbocycles. The van der Waals surface area contributed by atoms with Gasteiger partial charge in [0.25, 0.3) is 0 Å². The van der Waals surface area contributed by atoms with Gasteiger partial charge in [0.15, 0.2) is 11.5 Å². The third-order valence-corrected chi connectivity index (χ3v) is 3.75. The molecular formula is C16H26O5. The summed E-state index contributed by atoms with van der Waals surface area (Å²) in [6.07, 6.45) is -0.256. The van der Waals surface area contributed by atoms with Gasteiger partial charge in [0.2, 0.25) is 5.75 Å². The molecule has 0 saturated heterocycles. The standard InChI is InChI=1S/C16H26O5/c1-6-11(9-13(18)10(2)17)12-7-8-14(19-3)16(21-5)15(12)20-4/h7-8,10-11,13,17-18H,6,9H2,1-5H3. The van der Waals surface area contributed by atoms with Crippen molar-refractivity contribution in [2.24, 2.45) is 0 Å². The number of hydrogen-bond donors (Lipinski definition) is 2. The fourth-order valence-electron chi connectivity index (χ4n) is 2.45. The minimum Gasteiger partial charge on any atom is -0.493 e. The summed E-state index contributed by atoms with van der Waals surface area (Å²) in [6, 6.07) is 3.75. The second-order valence-corrected chi connectivity index (χ2v) is 5.07. The van der Waals surface area contributed by atoms with Crippen molar-refractivity contribution in [3.63, 3.8) is 0 Å². The summed E-state index contributed by atoms with van der Waals surface area (Å²) in [6.45, 7) is 3.62. The number of benzene rings is 1. The van der Waals surface area contributed by atoms with Crippen molar-refractivity contribution in [2.45, 2.75) is 44.8 Å². The van der Waals surface area contributed by atoms with E-state index >= 15 is 0 Å². The lowest BCUT2D eigenvalue weighted by Crippen LogP contribution is -2.24. The number of ether oxygens (including phenoxy) is 3. The summed E-state index contributed by atoms with van der Waals surface area (Å²) in [5, 5.41) is 19.4. The minimum absolute atomic E-state index is 0.0596. The van der Waals surface area contributed by atoms with Crippen LogP contribution in [0.3, 0.4) is 0 Å². The van der Waals surface area contributed by atoms with E-state index in [1.165, 1.54) is 0 Å². The van der Waals surface area contributed by atoms with E-state index in [1.807, 2.05) is 19.1 Å². The first kappa shape index (κ1) is 17.6. The average Bonchev–Trinajstić information content (AvgIpc) is 2.50. The van der Waals surface area contributed by atoms with E-state index in [4.69, 9.17) is 14.2 Å². The van der Waals surface area contributed by atoms with Gasteiger partial charge in [-0.1, -0.05) is 13.0 Å². The van der Waals surface area contributed by atoms with E-state index in [0.29, 0.717) is 23.7 Å². The number of methoxy groups -OCH3 is 3. The van der Waals surface area contributed by atoms with E-state index in [0.717, 1.165) is 12.0 Å². The quantitative estimate of drug-likeness (QED) is 0.771. The number of aliphatic hydroxyl groups excluding tert-OH is 2. The summed E-state index contributed by atoms with van der Waals surface area (Å²) < 4.78 is 16.1. The highest BCUT2D eigenvalue weighted by Gasteiger charge is 2.24. The first-order chi connectivity index (χ1) is 9.99. The molecule has 1 rings (SSSR count). The summed E-state index contributed by atoms with van der Waals surface area (Å²) in [7, 11) is 4.72. The summed E-state index contributed by atoms with van der Waals surface area (Å²) in [5.41, 5.74) is 0.942. The van der Waals surface area contributed by atoms with Crippen LogP contribution in [0.1, 0.15) is 38.2 Å². The maximum Gasteiger partial charge on any atom is 0.203 e. The third kappa shape index (κ3) is 4.02. The molecule has 1 aromatic carbocycles. The van der Waals surface area contributed by atoms with Crippen LogP contribution in [0.15, 0.2) is 12.1 Å². The Morgan fingerprint density at radius 1 is 1.00 bits per heavy atom. The van der Waals surface area contributed by atoms with E-state index < -0.39 is 12.2 Å². The lowest BCUT2D eigenvalue weighted by molar-refractivity contribution is 0.0213. The van der Waals surface area contributed by atoms with Crippen LogP contribution in [0.25, 0.3) is 0 Å². The molecule has 5 heteroatoms. The predicted octanol–water partition coefficient (Wildman–Crippen LogP) is 2.34. The van der Waals surface area contributed by atoms with E-state index in [1.54, 1.807) is 28.3 Å². The lowest BCUT2D eigenvalue weighted by atomic mass is 9.88. The molecule has 0 aliphatic heterocycles. The highest BCUT2D eigenvalue weighted by molar-refractivity contribution is 5.56. The van der Waals surface area contributed by atoms with Crippen LogP contribution in [-0.2, 0) is 0 Å². The van der Waals surface area contributed by atoms with Crippen molar-refractivity contribution in [3.05, 3.63) is 17.7 Å². The average molecular weight is 298 g/mol. The fourth-order valence-corrected chi connectivity index (χ4v) is 2.45. The minimum atomic E-state index is -0.771. The third-order valence-electron chi connectivity index (χ3n) is 3.75. The lowest BCUT2D eigenvalue weighted by Gasteiger charge is -2.24. The first-order valence-electron chi connectivity index (χ1n) is 7.15. The first-order valence-corrected chi connectivity index (χ1v) is 7.15. The van der Waals surface area contributed by atoms with Crippen LogP contribution in [0.5, 0.6) is 17.2 Å². The molecule has 3 atom stereocenters. The molecule has 0 bridgehead atoms. The number of hydrogen-bond acceptors (Lipinski definition) is 5. The molecule has 5 nitrogen and oxygen atoms in total. The smallest absolute Gasteiger partial charge is 0.203 e. The molecule has 0 heterocycles. The van der Waals surface area contributed by atoms with Crippen LogP contribution < -0.4 is 14.2 Å². The fraction of sp³-hybridized carbons (Fsp3) is 0.625. The summed E-state index contributed by atoms with van der Waals surface area (Å²) in [4.78, 5) is 0. The van der Waals surface area contributed by atoms with Gasteiger partial charge in [-0.25, -0.2) is 0 Å². The maximum absolute atomic E-state index is 9.93. The van der Waals surface area contributed by atoms with Gasteiger partial charge in [-0.3, -0.25) is 0 Å². The largest absolute Gasteiger partial charge is 0.493 e. The van der Waals surface area contributed by atoms with Crippen LogP contribution in [0.4, 0.5) is 0 Å². The molecule has 21 heavy (non-hydrogen) atoms. The van der Waals surface area contributed by atoms with Crippen molar-refractivity contribution in [2.75, 3.05) is 21.3 Å². The Kier molecular flexibility index (Phi) is 6.78. The summed E-state index contributed by atoms with van der Waals surface area (Å²) >= 11 is 0. The zero-order valence-corrected chi connectivity index (χ0v) is 13.4. The Hall–Kier alpha value is -1.46. The molecular weight excluding hydrogens is 272 g/mol. The molecule has 0 aliphatic rings. The Labute approximate surface area is 126 Å². The molecule has 2 N–H and O–H groups in total. The molecule has 0 fully saturated rings. The van der Waals surface area contributed by atoms with Gasteiger partial charge in [-0.05, 0) is 31.7 Å². The predicted molar refractivity (Wildman–Crippen MR) is 81.4 cm³/mol. The molecule has 0 saturated carbocycles. The number of aliphatic hydroxyl groups is 2. The van der Waals surface area contributed by atoms with Crippen molar-refractivity contribution < 1.29 is 24.4 Å². The topological polar surface area (TPSA) is 68.2 Å². The normalized spacial score (nSPS) is 15.2. The monoisotopic (exact) mass is 298 g/mol. The Balaban J connectivity index is 3.20. The van der Waals surface area contributed by atoms with Crippen LogP contribution in [-0.4, -0.2) is 43.8 Å². The molecule has 1 aromatic rings. The van der Waals surface area contributed by atoms with Gasteiger partial charge in [-0.2, -0.15) is 0 Å². The van der Waals surface area contributed by atoms with E-state index in [9.17, 15) is 10.2 Å². The second kappa shape index (κ2) is 8.10. The van der Waals surface area contributed by atoms with E-state index in [2.05, 4.69) is 0 Å². The van der Waals surface area contributed by atoms with Gasteiger partial charge in [0, 0.05) is 5.56 Å². The molecule has 0 amide bonds. The second-order valence-electron chi connectivity index (χ2n) is 5.07. The number of rotatable bonds is 8. The van der Waals surface area contributed by atoms with Gasteiger partial charge in [-0.15, -0.1) is 0 Å². The Morgan fingerprint density at radius 3 is 2.05 bits per heavy atom. The zero-order valence-electron chi connectivity index (χ0n) is 13.4.